The number of rotatable bonds is 2. The zero-order valence-corrected chi connectivity index (χ0v) is 9.74. The normalized spacial score (nSPS) is 37.8. The smallest absolute Gasteiger partial charge is 0.00836 e. The maximum atomic E-state index is 5.76. The Morgan fingerprint density at radius 2 is 2.00 bits per heavy atom. The molecule has 0 aromatic carbocycles. The van der Waals surface area contributed by atoms with Gasteiger partial charge in [-0.1, -0.05) is 0 Å². The molecule has 2 rings (SSSR count). The molecule has 3 unspecified atom stereocenters. The molecule has 3 atom stereocenters. The van der Waals surface area contributed by atoms with Crippen LogP contribution in [0.1, 0.15) is 26.2 Å². The second-order valence-corrected chi connectivity index (χ2v) is 4.15. The van der Waals surface area contributed by atoms with Crippen LogP contribution in [0.3, 0.4) is 0 Å². The first-order valence-electron chi connectivity index (χ1n) is 4.77. The molecule has 0 amide bonds. The Bertz CT molecular complexity index is 155. The maximum Gasteiger partial charge on any atom is 0.00836 e. The van der Waals surface area contributed by atoms with E-state index in [-0.39, 0.29) is 24.8 Å². The van der Waals surface area contributed by atoms with Crippen LogP contribution in [0.2, 0.25) is 0 Å². The lowest BCUT2D eigenvalue weighted by Gasteiger charge is -2.20. The summed E-state index contributed by atoms with van der Waals surface area (Å²) in [6.45, 7) is 4.91. The van der Waals surface area contributed by atoms with Gasteiger partial charge in [-0.25, -0.2) is 0 Å². The third-order valence-corrected chi connectivity index (χ3v) is 3.14. The molecule has 1 aliphatic heterocycles. The topological polar surface area (TPSA) is 29.3 Å². The number of hydrogen-bond donors (Lipinski definition) is 1. The lowest BCUT2D eigenvalue weighted by Crippen LogP contribution is -2.30. The van der Waals surface area contributed by atoms with E-state index in [1.54, 1.807) is 0 Å². The fourth-order valence-corrected chi connectivity index (χ4v) is 2.05. The molecular weight excluding hydrogens is 207 g/mol. The quantitative estimate of drug-likeness (QED) is 0.777. The molecule has 2 aliphatic rings. The van der Waals surface area contributed by atoms with Gasteiger partial charge in [-0.15, -0.1) is 24.8 Å². The summed E-state index contributed by atoms with van der Waals surface area (Å²) >= 11 is 0. The zero-order valence-electron chi connectivity index (χ0n) is 8.11. The van der Waals surface area contributed by atoms with Gasteiger partial charge in [0.15, 0.2) is 0 Å². The Hall–Kier alpha value is 0.500. The minimum absolute atomic E-state index is 0. The molecular formula is C9H20Cl2N2. The van der Waals surface area contributed by atoms with Crippen molar-refractivity contribution in [3.8, 4) is 0 Å². The van der Waals surface area contributed by atoms with Gasteiger partial charge in [0.25, 0.3) is 0 Å². The third kappa shape index (κ3) is 3.28. The molecule has 0 spiro atoms. The largest absolute Gasteiger partial charge is 0.327 e. The second-order valence-electron chi connectivity index (χ2n) is 4.15. The predicted octanol–water partition coefficient (Wildman–Crippen LogP) is 1.66. The van der Waals surface area contributed by atoms with E-state index in [1.807, 2.05) is 0 Å². The minimum Gasteiger partial charge on any atom is -0.327 e. The first-order chi connectivity index (χ1) is 5.27. The summed E-state index contributed by atoms with van der Waals surface area (Å²) in [6, 6.07) is 1.35. The number of nitrogens with two attached hydrogens (primary N) is 1. The predicted molar refractivity (Wildman–Crippen MR) is 60.8 cm³/mol. The Labute approximate surface area is 93.1 Å². The first kappa shape index (κ1) is 13.5. The van der Waals surface area contributed by atoms with Crippen LogP contribution in [0.15, 0.2) is 0 Å². The van der Waals surface area contributed by atoms with Crippen molar-refractivity contribution in [1.29, 1.82) is 0 Å². The molecule has 2 N–H and O–H groups in total. The maximum absolute atomic E-state index is 5.76. The molecule has 1 heterocycles. The molecule has 80 valence electrons. The van der Waals surface area contributed by atoms with E-state index >= 15 is 0 Å². The Balaban J connectivity index is 0.000000720. The van der Waals surface area contributed by atoms with E-state index in [0.717, 1.165) is 12.0 Å². The minimum atomic E-state index is 0. The Morgan fingerprint density at radius 3 is 2.38 bits per heavy atom. The highest BCUT2D eigenvalue weighted by atomic mass is 35.5. The van der Waals surface area contributed by atoms with E-state index < -0.39 is 0 Å². The van der Waals surface area contributed by atoms with Crippen LogP contribution in [0.4, 0.5) is 0 Å². The van der Waals surface area contributed by atoms with Gasteiger partial charge in [-0.2, -0.15) is 0 Å². The Morgan fingerprint density at radius 1 is 1.38 bits per heavy atom. The molecule has 0 aromatic heterocycles. The van der Waals surface area contributed by atoms with Crippen molar-refractivity contribution in [2.45, 2.75) is 38.3 Å². The summed E-state index contributed by atoms with van der Waals surface area (Å²) < 4.78 is 0. The van der Waals surface area contributed by atoms with Gasteiger partial charge in [0, 0.05) is 18.6 Å². The number of hydrogen-bond acceptors (Lipinski definition) is 2. The van der Waals surface area contributed by atoms with Gasteiger partial charge in [0.2, 0.25) is 0 Å². The average molecular weight is 227 g/mol. The van der Waals surface area contributed by atoms with E-state index in [4.69, 9.17) is 5.73 Å². The standard InChI is InChI=1S/C9H18N2.2ClH/c1-7-3-2-4-11(7)6-8-5-9(8)10;;/h7-9H,2-6,10H2,1H3;2*1H. The van der Waals surface area contributed by atoms with E-state index in [2.05, 4.69) is 11.8 Å². The molecule has 4 heteroatoms. The third-order valence-electron chi connectivity index (χ3n) is 3.14. The van der Waals surface area contributed by atoms with Crippen molar-refractivity contribution in [2.24, 2.45) is 11.7 Å². The SMILES string of the molecule is CC1CCCN1CC1CC1N.Cl.Cl. The monoisotopic (exact) mass is 226 g/mol. The van der Waals surface area contributed by atoms with Crippen LogP contribution in [-0.4, -0.2) is 30.1 Å². The molecule has 1 aliphatic carbocycles. The van der Waals surface area contributed by atoms with Crippen molar-refractivity contribution < 1.29 is 0 Å². The van der Waals surface area contributed by atoms with Crippen molar-refractivity contribution >= 4 is 24.8 Å². The number of halogens is 2. The van der Waals surface area contributed by atoms with Crippen LogP contribution >= 0.6 is 24.8 Å². The van der Waals surface area contributed by atoms with E-state index in [0.29, 0.717) is 6.04 Å². The first-order valence-corrected chi connectivity index (χ1v) is 4.77. The van der Waals surface area contributed by atoms with Crippen LogP contribution in [-0.2, 0) is 0 Å². The second kappa shape index (κ2) is 5.40. The number of nitrogens with zero attached hydrogens (tertiary/aromatic N) is 1. The summed E-state index contributed by atoms with van der Waals surface area (Å²) in [5.74, 6) is 0.829. The summed E-state index contributed by atoms with van der Waals surface area (Å²) in [6.07, 6.45) is 4.05. The molecule has 1 saturated carbocycles. The highest BCUT2D eigenvalue weighted by Crippen LogP contribution is 2.31. The molecule has 2 fully saturated rings. The summed E-state index contributed by atoms with van der Waals surface area (Å²) in [5.41, 5.74) is 5.76. The van der Waals surface area contributed by atoms with Crippen molar-refractivity contribution in [2.75, 3.05) is 13.1 Å². The van der Waals surface area contributed by atoms with Crippen LogP contribution in [0, 0.1) is 5.92 Å². The fraction of sp³-hybridized carbons (Fsp3) is 1.00. The lowest BCUT2D eigenvalue weighted by molar-refractivity contribution is 0.256. The fourth-order valence-electron chi connectivity index (χ4n) is 2.05. The van der Waals surface area contributed by atoms with Crippen LogP contribution < -0.4 is 5.73 Å². The van der Waals surface area contributed by atoms with Gasteiger partial charge in [0.1, 0.15) is 0 Å². The highest BCUT2D eigenvalue weighted by molar-refractivity contribution is 5.85. The van der Waals surface area contributed by atoms with Gasteiger partial charge < -0.3 is 10.6 Å². The van der Waals surface area contributed by atoms with Crippen molar-refractivity contribution in [1.82, 2.24) is 4.90 Å². The van der Waals surface area contributed by atoms with Gasteiger partial charge in [-0.05, 0) is 38.6 Å². The summed E-state index contributed by atoms with van der Waals surface area (Å²) in [5, 5.41) is 0. The van der Waals surface area contributed by atoms with Gasteiger partial charge in [-0.3, -0.25) is 0 Å². The number of likely N-dealkylation sites (tertiary alicyclic amines) is 1. The molecule has 0 radical (unpaired) electrons. The zero-order chi connectivity index (χ0) is 7.84. The van der Waals surface area contributed by atoms with Gasteiger partial charge >= 0.3 is 0 Å². The molecule has 2 nitrogen and oxygen atoms in total. The summed E-state index contributed by atoms with van der Waals surface area (Å²) in [4.78, 5) is 2.59. The van der Waals surface area contributed by atoms with E-state index in [9.17, 15) is 0 Å². The summed E-state index contributed by atoms with van der Waals surface area (Å²) in [7, 11) is 0. The average Bonchev–Trinajstić information content (AvgIpc) is 2.48. The highest BCUT2D eigenvalue weighted by Gasteiger charge is 2.36. The molecule has 13 heavy (non-hydrogen) atoms. The van der Waals surface area contributed by atoms with Crippen LogP contribution in [0.25, 0.3) is 0 Å². The van der Waals surface area contributed by atoms with Crippen molar-refractivity contribution in [3.63, 3.8) is 0 Å². The van der Waals surface area contributed by atoms with Crippen LogP contribution in [0.5, 0.6) is 0 Å². The lowest BCUT2D eigenvalue weighted by atomic mass is 10.2. The van der Waals surface area contributed by atoms with Gasteiger partial charge in [0.05, 0.1) is 0 Å². The Kier molecular flexibility index (Phi) is 5.61. The molecule has 0 aromatic rings. The van der Waals surface area contributed by atoms with Crippen molar-refractivity contribution in [3.05, 3.63) is 0 Å². The molecule has 1 saturated heterocycles. The van der Waals surface area contributed by atoms with E-state index in [1.165, 1.54) is 32.4 Å². The molecule has 0 bridgehead atoms.